The Morgan fingerprint density at radius 2 is 1.85 bits per heavy atom. The van der Waals surface area contributed by atoms with Gasteiger partial charge in [-0.3, -0.25) is 0 Å². The summed E-state index contributed by atoms with van der Waals surface area (Å²) in [4.78, 5) is 4.47. The highest BCUT2D eigenvalue weighted by molar-refractivity contribution is 6.49. The third-order valence-electron chi connectivity index (χ3n) is 5.68. The van der Waals surface area contributed by atoms with Crippen LogP contribution in [0.2, 0.25) is 5.82 Å². The molecule has 2 atom stereocenters. The van der Waals surface area contributed by atoms with Crippen molar-refractivity contribution in [2.75, 3.05) is 0 Å². The van der Waals surface area contributed by atoms with Crippen LogP contribution in [0.15, 0.2) is 18.3 Å². The Morgan fingerprint density at radius 1 is 1.19 bits per heavy atom. The summed E-state index contributed by atoms with van der Waals surface area (Å²) in [5.41, 5.74) is 0.238. The summed E-state index contributed by atoms with van der Waals surface area (Å²) < 4.78 is 51.2. The van der Waals surface area contributed by atoms with Crippen molar-refractivity contribution >= 4 is 18.2 Å². The first-order valence-corrected chi connectivity index (χ1v) is 8.72. The Labute approximate surface area is 150 Å². The lowest BCUT2D eigenvalue weighted by atomic mass is 9.80. The van der Waals surface area contributed by atoms with Gasteiger partial charge in [0.25, 0.3) is 0 Å². The first-order valence-electron chi connectivity index (χ1n) is 8.72. The maximum absolute atomic E-state index is 12.7. The minimum atomic E-state index is -4.33. The summed E-state index contributed by atoms with van der Waals surface area (Å²) in [6.07, 6.45) is -2.07. The number of hydrogen-bond acceptors (Lipinski definition) is 4. The molecule has 1 unspecified atom stereocenters. The summed E-state index contributed by atoms with van der Waals surface area (Å²) in [6, 6.07) is 3.63. The Morgan fingerprint density at radius 3 is 2.46 bits per heavy atom. The van der Waals surface area contributed by atoms with Crippen molar-refractivity contribution in [3.8, 4) is 0 Å². The van der Waals surface area contributed by atoms with Crippen LogP contribution in [0, 0.1) is 0 Å². The molecule has 3 heterocycles. The van der Waals surface area contributed by atoms with Gasteiger partial charge in [0.05, 0.1) is 17.4 Å². The fraction of sp³-hybridized carbons (Fsp3) is 0.647. The summed E-state index contributed by atoms with van der Waals surface area (Å²) in [6.45, 7) is 6.88. The van der Waals surface area contributed by atoms with Crippen molar-refractivity contribution in [1.82, 2.24) is 14.8 Å². The van der Waals surface area contributed by atoms with Gasteiger partial charge in [-0.25, -0.2) is 9.67 Å². The number of nitrogens with zero attached hydrogens (tertiary/aromatic N) is 3. The molecule has 9 heteroatoms. The van der Waals surface area contributed by atoms with Crippen LogP contribution in [0.4, 0.5) is 13.2 Å². The zero-order valence-corrected chi connectivity index (χ0v) is 15.2. The van der Waals surface area contributed by atoms with E-state index in [1.165, 1.54) is 6.20 Å². The van der Waals surface area contributed by atoms with E-state index in [9.17, 15) is 13.2 Å². The molecule has 2 aliphatic rings. The highest BCUT2D eigenvalue weighted by atomic mass is 19.4. The van der Waals surface area contributed by atoms with E-state index < -0.39 is 23.9 Å². The van der Waals surface area contributed by atoms with E-state index in [4.69, 9.17) is 9.31 Å². The summed E-state index contributed by atoms with van der Waals surface area (Å²) >= 11 is 0. The molecule has 4 rings (SSSR count). The second kappa shape index (κ2) is 5.45. The van der Waals surface area contributed by atoms with Crippen molar-refractivity contribution in [2.24, 2.45) is 0 Å². The lowest BCUT2D eigenvalue weighted by Crippen LogP contribution is -2.41. The standard InChI is InChI=1S/C17H21BF3N3O2/c1-15(2)16(3,4)26-18(25-15)12-7-11(12)13-6-5-10-8-22-24(14(10)23-13)9-17(19,20)21/h5-6,8,11-12H,7,9H2,1-4H3/t11?,12-/m0/s1. The molecular formula is C17H21BF3N3O2. The molecular weight excluding hydrogens is 346 g/mol. The molecule has 0 N–H and O–H groups in total. The van der Waals surface area contributed by atoms with E-state index in [0.29, 0.717) is 5.39 Å². The fourth-order valence-corrected chi connectivity index (χ4v) is 3.38. The van der Waals surface area contributed by atoms with Gasteiger partial charge in [0.15, 0.2) is 5.65 Å². The molecule has 1 saturated heterocycles. The smallest absolute Gasteiger partial charge is 0.403 e. The third kappa shape index (κ3) is 3.01. The molecule has 2 aromatic rings. The topological polar surface area (TPSA) is 49.2 Å². The van der Waals surface area contributed by atoms with Crippen molar-refractivity contribution in [3.63, 3.8) is 0 Å². The van der Waals surface area contributed by atoms with Crippen LogP contribution in [0.25, 0.3) is 11.0 Å². The van der Waals surface area contributed by atoms with Gasteiger partial charge < -0.3 is 9.31 Å². The van der Waals surface area contributed by atoms with Crippen molar-refractivity contribution in [1.29, 1.82) is 0 Å². The van der Waals surface area contributed by atoms with Crippen LogP contribution < -0.4 is 0 Å². The van der Waals surface area contributed by atoms with E-state index in [1.807, 2.05) is 33.8 Å². The van der Waals surface area contributed by atoms with Crippen molar-refractivity contribution < 1.29 is 22.5 Å². The molecule has 140 valence electrons. The van der Waals surface area contributed by atoms with E-state index in [-0.39, 0.29) is 24.5 Å². The Bertz CT molecular complexity index is 833. The summed E-state index contributed by atoms with van der Waals surface area (Å²) in [5, 5.41) is 4.42. The molecule has 26 heavy (non-hydrogen) atoms. The van der Waals surface area contributed by atoms with E-state index in [2.05, 4.69) is 10.1 Å². The Kier molecular flexibility index (Phi) is 3.73. The average Bonchev–Trinajstić information content (AvgIpc) is 3.16. The van der Waals surface area contributed by atoms with Gasteiger partial charge in [-0.05, 0) is 46.2 Å². The van der Waals surface area contributed by atoms with Crippen LogP contribution in [-0.2, 0) is 15.9 Å². The molecule has 0 spiro atoms. The molecule has 5 nitrogen and oxygen atoms in total. The lowest BCUT2D eigenvalue weighted by molar-refractivity contribution is -0.141. The van der Waals surface area contributed by atoms with E-state index in [1.54, 1.807) is 6.07 Å². The van der Waals surface area contributed by atoms with Crippen LogP contribution in [-0.4, -0.2) is 39.3 Å². The Balaban J connectivity index is 1.55. The maximum Gasteiger partial charge on any atom is 0.461 e. The number of fused-ring (bicyclic) bond motifs is 1. The zero-order chi connectivity index (χ0) is 18.9. The van der Waals surface area contributed by atoms with E-state index in [0.717, 1.165) is 16.8 Å². The quantitative estimate of drug-likeness (QED) is 0.771. The van der Waals surface area contributed by atoms with Crippen LogP contribution in [0.3, 0.4) is 0 Å². The summed E-state index contributed by atoms with van der Waals surface area (Å²) in [5.74, 6) is 0.295. The summed E-state index contributed by atoms with van der Waals surface area (Å²) in [7, 11) is -0.317. The van der Waals surface area contributed by atoms with Crippen molar-refractivity contribution in [3.05, 3.63) is 24.0 Å². The minimum Gasteiger partial charge on any atom is -0.403 e. The first-order chi connectivity index (χ1) is 12.0. The van der Waals surface area contributed by atoms with Crippen LogP contribution >= 0.6 is 0 Å². The van der Waals surface area contributed by atoms with Gasteiger partial charge in [0.2, 0.25) is 0 Å². The monoisotopic (exact) mass is 367 g/mol. The molecule has 2 fully saturated rings. The minimum absolute atomic E-state index is 0.128. The van der Waals surface area contributed by atoms with Gasteiger partial charge in [0.1, 0.15) is 6.54 Å². The molecule has 0 aromatic carbocycles. The predicted molar refractivity (Wildman–Crippen MR) is 90.8 cm³/mol. The molecule has 2 aromatic heterocycles. The van der Waals surface area contributed by atoms with Crippen molar-refractivity contribution in [2.45, 2.75) is 69.8 Å². The number of pyridine rings is 1. The second-order valence-electron chi connectivity index (χ2n) is 8.20. The number of hydrogen-bond donors (Lipinski definition) is 0. The number of rotatable bonds is 3. The molecule has 0 amide bonds. The predicted octanol–water partition coefficient (Wildman–Crippen LogP) is 3.94. The number of aromatic nitrogens is 3. The molecule has 0 bridgehead atoms. The first kappa shape index (κ1) is 17.8. The van der Waals surface area contributed by atoms with Gasteiger partial charge in [-0.1, -0.05) is 0 Å². The van der Waals surface area contributed by atoms with Gasteiger partial charge in [-0.15, -0.1) is 0 Å². The van der Waals surface area contributed by atoms with Gasteiger partial charge in [0, 0.05) is 22.8 Å². The highest BCUT2D eigenvalue weighted by Crippen LogP contribution is 2.58. The third-order valence-corrected chi connectivity index (χ3v) is 5.68. The Hall–Kier alpha value is -1.61. The molecule has 1 aliphatic carbocycles. The average molecular weight is 367 g/mol. The molecule has 1 aliphatic heterocycles. The maximum atomic E-state index is 12.7. The highest BCUT2D eigenvalue weighted by Gasteiger charge is 2.60. The number of alkyl halides is 3. The lowest BCUT2D eigenvalue weighted by Gasteiger charge is -2.32. The van der Waals surface area contributed by atoms with E-state index >= 15 is 0 Å². The SMILES string of the molecule is CC1(C)OB([C@H]2CC2c2ccc3cnn(CC(F)(F)F)c3n2)OC1(C)C. The van der Waals surface area contributed by atoms with Gasteiger partial charge in [-0.2, -0.15) is 18.3 Å². The molecule has 0 radical (unpaired) electrons. The largest absolute Gasteiger partial charge is 0.461 e. The van der Waals surface area contributed by atoms with Crippen LogP contribution in [0.5, 0.6) is 0 Å². The zero-order valence-electron chi connectivity index (χ0n) is 15.2. The molecule has 1 saturated carbocycles. The number of halogens is 3. The normalized spacial score (nSPS) is 27.3. The van der Waals surface area contributed by atoms with Gasteiger partial charge >= 0.3 is 13.3 Å². The second-order valence-corrected chi connectivity index (χ2v) is 8.20. The van der Waals surface area contributed by atoms with Crippen LogP contribution in [0.1, 0.15) is 45.7 Å². The fourth-order valence-electron chi connectivity index (χ4n) is 3.38.